The Morgan fingerprint density at radius 1 is 1.00 bits per heavy atom. The van der Waals surface area contributed by atoms with Gasteiger partial charge in [-0.15, -0.1) is 0 Å². The maximum atomic E-state index is 13.6. The number of hydrogen-bond acceptors (Lipinski definition) is 4. The number of benzene rings is 1. The lowest BCUT2D eigenvalue weighted by atomic mass is 9.97. The fraction of sp³-hybridized carbons (Fsp3) is 0.267. The summed E-state index contributed by atoms with van der Waals surface area (Å²) in [7, 11) is 0. The number of rotatable bonds is 1. The number of alkyl halides is 9. The fourth-order valence-corrected chi connectivity index (χ4v) is 3.34. The van der Waals surface area contributed by atoms with Gasteiger partial charge in [-0.25, -0.2) is 9.38 Å². The molecular formula is C15H5F10N3OS. The van der Waals surface area contributed by atoms with E-state index < -0.39 is 57.6 Å². The highest BCUT2D eigenvalue weighted by molar-refractivity contribution is 8.17. The lowest BCUT2D eigenvalue weighted by molar-refractivity contribution is -0.280. The van der Waals surface area contributed by atoms with Crippen LogP contribution in [0, 0.1) is 11.3 Å². The molecule has 0 aliphatic carbocycles. The Bertz CT molecular complexity index is 937. The maximum Gasteiger partial charge on any atom is 0.443 e. The highest BCUT2D eigenvalue weighted by atomic mass is 32.2. The molecule has 0 saturated heterocycles. The van der Waals surface area contributed by atoms with Gasteiger partial charge >= 0.3 is 18.5 Å². The van der Waals surface area contributed by atoms with E-state index in [2.05, 4.69) is 4.99 Å². The second kappa shape index (κ2) is 7.49. The van der Waals surface area contributed by atoms with Crippen molar-refractivity contribution in [3.63, 3.8) is 0 Å². The van der Waals surface area contributed by atoms with Crippen LogP contribution >= 0.6 is 11.8 Å². The van der Waals surface area contributed by atoms with E-state index in [0.717, 1.165) is 24.3 Å². The van der Waals surface area contributed by atoms with Crippen molar-refractivity contribution < 1.29 is 48.7 Å². The second-order valence-electron chi connectivity index (χ2n) is 5.51. The molecule has 15 heteroatoms. The van der Waals surface area contributed by atoms with Crippen molar-refractivity contribution >= 4 is 22.8 Å². The van der Waals surface area contributed by atoms with E-state index in [-0.39, 0.29) is 11.1 Å². The zero-order valence-electron chi connectivity index (χ0n) is 13.8. The minimum Gasteiger partial charge on any atom is -0.301 e. The third-order valence-electron chi connectivity index (χ3n) is 3.56. The average Bonchev–Trinajstić information content (AvgIpc) is 3.00. The number of amides is 1. The molecule has 2 rings (SSSR count). The largest absolute Gasteiger partial charge is 0.443 e. The van der Waals surface area contributed by atoms with Crippen LogP contribution in [0.3, 0.4) is 0 Å². The highest BCUT2D eigenvalue weighted by Crippen LogP contribution is 2.59. The molecule has 0 spiro atoms. The molecular weight excluding hydrogens is 460 g/mol. The fourth-order valence-electron chi connectivity index (χ4n) is 2.19. The molecule has 1 aliphatic heterocycles. The number of carbonyl (C=O) groups excluding carboxylic acids is 1. The van der Waals surface area contributed by atoms with Gasteiger partial charge in [0.1, 0.15) is 0 Å². The quantitative estimate of drug-likeness (QED) is 0.594. The Kier molecular flexibility index (Phi) is 5.87. The minimum atomic E-state index is -6.52. The van der Waals surface area contributed by atoms with Crippen LogP contribution in [0.5, 0.6) is 0 Å². The first kappa shape index (κ1) is 23.5. The van der Waals surface area contributed by atoms with Gasteiger partial charge in [-0.05, 0) is 24.3 Å². The number of nitrogens with one attached hydrogen (secondary N) is 1. The molecule has 0 fully saturated rings. The van der Waals surface area contributed by atoms with Crippen LogP contribution in [-0.4, -0.2) is 35.1 Å². The van der Waals surface area contributed by atoms with Crippen molar-refractivity contribution in [3.05, 3.63) is 46.1 Å². The number of aliphatic imine (C=N–C) groups is 1. The molecule has 0 aromatic heterocycles. The Hall–Kier alpha value is -2.76. The molecule has 30 heavy (non-hydrogen) atoms. The van der Waals surface area contributed by atoms with E-state index in [1.807, 2.05) is 0 Å². The van der Waals surface area contributed by atoms with Crippen LogP contribution in [-0.2, 0) is 0 Å². The first-order chi connectivity index (χ1) is 13.5. The number of nitriles is 1. The molecule has 1 heterocycles. The zero-order valence-corrected chi connectivity index (χ0v) is 14.6. The first-order valence-electron chi connectivity index (χ1n) is 7.24. The number of carbonyl (C=O) groups is 1. The minimum absolute atomic E-state index is 0.0600. The van der Waals surface area contributed by atoms with Gasteiger partial charge in [0, 0.05) is 5.56 Å². The van der Waals surface area contributed by atoms with Crippen molar-refractivity contribution in [2.45, 2.75) is 24.1 Å². The van der Waals surface area contributed by atoms with E-state index in [1.165, 1.54) is 5.32 Å². The number of amidine groups is 1. The standard InChI is InChI=1S/C15H5F10N3OS/c16-8(13(17,18)19)9-12(14(20,21)22,15(23,24)25)28-11(30-9)27-10(29)7-3-1-6(5-26)2-4-7/h1-4H,(H,27,28,29). The summed E-state index contributed by atoms with van der Waals surface area (Å²) in [6.45, 7) is 0. The highest BCUT2D eigenvalue weighted by Gasteiger charge is 2.77. The van der Waals surface area contributed by atoms with Gasteiger partial charge < -0.3 is 5.32 Å². The van der Waals surface area contributed by atoms with Crippen molar-refractivity contribution in [3.8, 4) is 6.07 Å². The smallest absolute Gasteiger partial charge is 0.301 e. The van der Waals surface area contributed by atoms with Gasteiger partial charge in [0.2, 0.25) is 5.83 Å². The SMILES string of the molecule is N#Cc1ccc(C(=O)NC2=NC(C(F)(F)F)(C(F)(F)F)C(=C(F)C(F)(F)F)S2)cc1. The van der Waals surface area contributed by atoms with Crippen molar-refractivity contribution in [2.24, 2.45) is 4.99 Å². The molecule has 162 valence electrons. The zero-order chi connectivity index (χ0) is 23.1. The van der Waals surface area contributed by atoms with Crippen LogP contribution in [0.4, 0.5) is 43.9 Å². The van der Waals surface area contributed by atoms with E-state index in [0.29, 0.717) is 0 Å². The number of nitrogens with zero attached hydrogens (tertiary/aromatic N) is 2. The summed E-state index contributed by atoms with van der Waals surface area (Å²) in [5.41, 5.74) is -5.86. The lowest BCUT2D eigenvalue weighted by Gasteiger charge is -2.31. The lowest BCUT2D eigenvalue weighted by Crippen LogP contribution is -2.55. The van der Waals surface area contributed by atoms with Crippen LogP contribution in [0.25, 0.3) is 0 Å². The molecule has 0 saturated carbocycles. The van der Waals surface area contributed by atoms with Crippen LogP contribution in [0.1, 0.15) is 15.9 Å². The van der Waals surface area contributed by atoms with E-state index in [4.69, 9.17) is 5.26 Å². The van der Waals surface area contributed by atoms with Crippen LogP contribution in [0.15, 0.2) is 40.0 Å². The molecule has 1 aliphatic rings. The first-order valence-corrected chi connectivity index (χ1v) is 8.06. The molecule has 4 nitrogen and oxygen atoms in total. The van der Waals surface area contributed by atoms with Gasteiger partial charge in [-0.2, -0.15) is 44.8 Å². The Morgan fingerprint density at radius 2 is 1.50 bits per heavy atom. The predicted molar refractivity (Wildman–Crippen MR) is 82.7 cm³/mol. The molecule has 1 N–H and O–H groups in total. The molecule has 1 amide bonds. The van der Waals surface area contributed by atoms with Gasteiger partial charge in [-0.1, -0.05) is 11.8 Å². The Morgan fingerprint density at radius 3 is 1.90 bits per heavy atom. The number of allylic oxidation sites excluding steroid dienone is 1. The Labute approximate surface area is 164 Å². The van der Waals surface area contributed by atoms with Gasteiger partial charge in [-0.3, -0.25) is 4.79 Å². The molecule has 1 aromatic rings. The molecule has 0 radical (unpaired) electrons. The predicted octanol–water partition coefficient (Wildman–Crippen LogP) is 5.00. The van der Waals surface area contributed by atoms with Gasteiger partial charge in [0.15, 0.2) is 5.17 Å². The molecule has 0 bridgehead atoms. The summed E-state index contributed by atoms with van der Waals surface area (Å²) in [5.74, 6) is -4.99. The molecule has 1 aromatic carbocycles. The normalized spacial score (nSPS) is 18.5. The number of thioether (sulfide) groups is 1. The number of hydrogen-bond donors (Lipinski definition) is 1. The summed E-state index contributed by atoms with van der Waals surface area (Å²) in [6, 6.07) is 5.80. The summed E-state index contributed by atoms with van der Waals surface area (Å²) in [4.78, 5) is 11.4. The van der Waals surface area contributed by atoms with Crippen molar-refractivity contribution in [2.75, 3.05) is 0 Å². The average molecular weight is 465 g/mol. The van der Waals surface area contributed by atoms with Gasteiger partial charge in [0.25, 0.3) is 11.4 Å². The van der Waals surface area contributed by atoms with E-state index in [9.17, 15) is 48.7 Å². The van der Waals surface area contributed by atoms with E-state index in [1.54, 1.807) is 6.07 Å². The molecule has 0 unspecified atom stereocenters. The van der Waals surface area contributed by atoms with E-state index >= 15 is 0 Å². The third kappa shape index (κ3) is 4.09. The molecule has 0 atom stereocenters. The third-order valence-corrected chi connectivity index (χ3v) is 4.63. The van der Waals surface area contributed by atoms with Crippen molar-refractivity contribution in [1.29, 1.82) is 5.26 Å². The summed E-state index contributed by atoms with van der Waals surface area (Å²) in [5, 5.41) is 8.58. The summed E-state index contributed by atoms with van der Waals surface area (Å²) < 4.78 is 131. The topological polar surface area (TPSA) is 65.2 Å². The number of halogens is 10. The maximum absolute atomic E-state index is 13.6. The summed E-state index contributed by atoms with van der Waals surface area (Å²) >= 11 is -0.953. The van der Waals surface area contributed by atoms with Crippen LogP contribution in [0.2, 0.25) is 0 Å². The second-order valence-corrected chi connectivity index (χ2v) is 6.51. The summed E-state index contributed by atoms with van der Waals surface area (Å²) in [6.07, 6.45) is -19.2. The van der Waals surface area contributed by atoms with Gasteiger partial charge in [0.05, 0.1) is 16.5 Å². The Balaban J connectivity index is 2.57. The van der Waals surface area contributed by atoms with Crippen molar-refractivity contribution in [1.82, 2.24) is 5.32 Å². The van der Waals surface area contributed by atoms with Crippen LogP contribution < -0.4 is 5.32 Å². The monoisotopic (exact) mass is 465 g/mol.